The number of hydrogen-bond donors (Lipinski definition) is 2. The number of nitrogens with zero attached hydrogens (tertiary/aromatic N) is 3. The monoisotopic (exact) mass is 357 g/mol. The van der Waals surface area contributed by atoms with Crippen LogP contribution in [0.5, 0.6) is 0 Å². The van der Waals surface area contributed by atoms with E-state index < -0.39 is 17.5 Å². The molecule has 2 heterocycles. The molecule has 9 heteroatoms. The molecule has 1 saturated heterocycles. The number of carbonyl (C=O) groups excluding carboxylic acids is 1. The normalized spacial score (nSPS) is 15.0. The lowest BCUT2D eigenvalue weighted by molar-refractivity contribution is 0.102. The maximum absolute atomic E-state index is 13.2. The third-order valence-electron chi connectivity index (χ3n) is 3.83. The van der Waals surface area contributed by atoms with Gasteiger partial charge in [0.05, 0.1) is 0 Å². The van der Waals surface area contributed by atoms with Crippen LogP contribution < -0.4 is 10.6 Å². The van der Waals surface area contributed by atoms with E-state index in [1.165, 1.54) is 4.68 Å². The molecule has 1 amide bonds. The van der Waals surface area contributed by atoms with Crippen LogP contribution in [0.3, 0.4) is 0 Å². The number of hydrogen-bond acceptors (Lipinski definition) is 4. The molecule has 1 fully saturated rings. The summed E-state index contributed by atoms with van der Waals surface area (Å²) in [4.78, 5) is 16.5. The maximum atomic E-state index is 13.2. The highest BCUT2D eigenvalue weighted by Gasteiger charge is 2.21. The van der Waals surface area contributed by atoms with Crippen LogP contribution in [0.4, 0.5) is 14.7 Å². The highest BCUT2D eigenvalue weighted by atomic mass is 35.5. The van der Waals surface area contributed by atoms with Crippen molar-refractivity contribution < 1.29 is 13.6 Å². The molecule has 0 saturated carbocycles. The summed E-state index contributed by atoms with van der Waals surface area (Å²) in [7, 11) is 1.67. The van der Waals surface area contributed by atoms with Gasteiger partial charge >= 0.3 is 0 Å². The Balaban J connectivity index is 0.00000208. The van der Waals surface area contributed by atoms with Gasteiger partial charge in [0.25, 0.3) is 5.91 Å². The van der Waals surface area contributed by atoms with E-state index in [1.54, 1.807) is 7.05 Å². The van der Waals surface area contributed by atoms with E-state index >= 15 is 0 Å². The number of aryl methyl sites for hydroxylation is 1. The molecule has 2 N–H and O–H groups in total. The fourth-order valence-corrected chi connectivity index (χ4v) is 2.62. The average molecular weight is 358 g/mol. The molecule has 6 nitrogen and oxygen atoms in total. The number of anilines is 1. The number of benzene rings is 1. The van der Waals surface area contributed by atoms with Crippen LogP contribution in [0, 0.1) is 11.6 Å². The van der Waals surface area contributed by atoms with Gasteiger partial charge in [0.2, 0.25) is 5.95 Å². The van der Waals surface area contributed by atoms with Crippen LogP contribution in [-0.4, -0.2) is 33.8 Å². The molecule has 1 aliphatic heterocycles. The molecule has 2 aromatic rings. The van der Waals surface area contributed by atoms with Crippen molar-refractivity contribution in [1.82, 2.24) is 20.1 Å². The van der Waals surface area contributed by atoms with E-state index in [9.17, 15) is 13.6 Å². The third kappa shape index (κ3) is 4.07. The zero-order valence-electron chi connectivity index (χ0n) is 13.1. The summed E-state index contributed by atoms with van der Waals surface area (Å²) < 4.78 is 27.9. The van der Waals surface area contributed by atoms with Gasteiger partial charge in [-0.25, -0.2) is 13.5 Å². The Kier molecular flexibility index (Phi) is 5.84. The van der Waals surface area contributed by atoms with E-state index in [0.29, 0.717) is 11.9 Å². The minimum atomic E-state index is -0.802. The van der Waals surface area contributed by atoms with Crippen molar-refractivity contribution in [2.45, 2.75) is 18.8 Å². The van der Waals surface area contributed by atoms with Crippen LogP contribution in [0.15, 0.2) is 18.2 Å². The van der Waals surface area contributed by atoms with Gasteiger partial charge in [-0.1, -0.05) is 0 Å². The Labute approximate surface area is 144 Å². The van der Waals surface area contributed by atoms with Gasteiger partial charge in [0.1, 0.15) is 11.6 Å². The minimum absolute atomic E-state index is 0. The standard InChI is InChI=1S/C15H17F2N5O.ClH/c1-22-15(19-13(21-22)9-2-4-18-5-3-9)20-14(23)10-6-11(16)8-12(17)7-10;/h6-9,18H,2-5H2,1H3,(H,19,20,21,23);1H. The smallest absolute Gasteiger partial charge is 0.258 e. The molecule has 0 radical (unpaired) electrons. The summed E-state index contributed by atoms with van der Waals surface area (Å²) in [5.74, 6) is -1.05. The molecule has 3 rings (SSSR count). The van der Waals surface area contributed by atoms with E-state index in [0.717, 1.165) is 38.1 Å². The number of aromatic nitrogens is 3. The van der Waals surface area contributed by atoms with Crippen LogP contribution in [-0.2, 0) is 7.05 Å². The molecule has 1 aliphatic rings. The molecule has 1 aromatic heterocycles. The van der Waals surface area contributed by atoms with Crippen molar-refractivity contribution in [3.05, 3.63) is 41.2 Å². The molecule has 0 unspecified atom stereocenters. The number of rotatable bonds is 3. The Hall–Kier alpha value is -2.06. The van der Waals surface area contributed by atoms with Crippen molar-refractivity contribution in [2.75, 3.05) is 18.4 Å². The Bertz CT molecular complexity index is 710. The summed E-state index contributed by atoms with van der Waals surface area (Å²) in [6.45, 7) is 1.82. The van der Waals surface area contributed by atoms with E-state index in [-0.39, 0.29) is 29.8 Å². The van der Waals surface area contributed by atoms with Gasteiger partial charge < -0.3 is 5.32 Å². The molecule has 24 heavy (non-hydrogen) atoms. The lowest BCUT2D eigenvalue weighted by atomic mass is 9.98. The molecule has 0 spiro atoms. The molecule has 0 bridgehead atoms. The second-order valence-corrected chi connectivity index (χ2v) is 5.55. The highest BCUT2D eigenvalue weighted by molar-refractivity contribution is 6.03. The van der Waals surface area contributed by atoms with Crippen molar-refractivity contribution in [3.63, 3.8) is 0 Å². The fourth-order valence-electron chi connectivity index (χ4n) is 2.62. The number of nitrogens with one attached hydrogen (secondary N) is 2. The van der Waals surface area contributed by atoms with Crippen molar-refractivity contribution >= 4 is 24.3 Å². The summed E-state index contributed by atoms with van der Waals surface area (Å²) in [5.41, 5.74) is -0.103. The van der Waals surface area contributed by atoms with Gasteiger partial charge in [-0.05, 0) is 38.1 Å². The van der Waals surface area contributed by atoms with E-state index in [4.69, 9.17) is 0 Å². The molecule has 0 aliphatic carbocycles. The largest absolute Gasteiger partial charge is 0.317 e. The van der Waals surface area contributed by atoms with Gasteiger partial charge in [-0.3, -0.25) is 10.1 Å². The van der Waals surface area contributed by atoms with E-state index in [1.807, 2.05) is 0 Å². The predicted molar refractivity (Wildman–Crippen MR) is 87.4 cm³/mol. The minimum Gasteiger partial charge on any atom is -0.317 e. The number of amides is 1. The average Bonchev–Trinajstić information content (AvgIpc) is 2.88. The molecule has 1 aromatic carbocycles. The Morgan fingerprint density at radius 1 is 1.25 bits per heavy atom. The number of carbonyl (C=O) groups is 1. The van der Waals surface area contributed by atoms with Gasteiger partial charge in [0.15, 0.2) is 5.82 Å². The highest BCUT2D eigenvalue weighted by Crippen LogP contribution is 2.23. The van der Waals surface area contributed by atoms with Crippen molar-refractivity contribution in [3.8, 4) is 0 Å². The first-order valence-corrected chi connectivity index (χ1v) is 7.42. The molecular weight excluding hydrogens is 340 g/mol. The Morgan fingerprint density at radius 2 is 1.88 bits per heavy atom. The van der Waals surface area contributed by atoms with Crippen LogP contribution in [0.25, 0.3) is 0 Å². The third-order valence-corrected chi connectivity index (χ3v) is 3.83. The second-order valence-electron chi connectivity index (χ2n) is 5.55. The summed E-state index contributed by atoms with van der Waals surface area (Å²) in [5, 5.41) is 10.1. The zero-order valence-corrected chi connectivity index (χ0v) is 13.9. The van der Waals surface area contributed by atoms with Crippen LogP contribution >= 0.6 is 12.4 Å². The summed E-state index contributed by atoms with van der Waals surface area (Å²) >= 11 is 0. The van der Waals surface area contributed by atoms with Crippen LogP contribution in [0.2, 0.25) is 0 Å². The first-order valence-electron chi connectivity index (χ1n) is 7.42. The number of halogens is 3. The topological polar surface area (TPSA) is 71.8 Å². The first-order chi connectivity index (χ1) is 11.0. The fraction of sp³-hybridized carbons (Fsp3) is 0.400. The predicted octanol–water partition coefficient (Wildman–Crippen LogP) is 2.23. The quantitative estimate of drug-likeness (QED) is 0.883. The van der Waals surface area contributed by atoms with Crippen LogP contribution in [0.1, 0.15) is 34.9 Å². The van der Waals surface area contributed by atoms with Crippen molar-refractivity contribution in [1.29, 1.82) is 0 Å². The molecule has 130 valence electrons. The maximum Gasteiger partial charge on any atom is 0.258 e. The zero-order chi connectivity index (χ0) is 16.4. The summed E-state index contributed by atoms with van der Waals surface area (Å²) in [6, 6.07) is 2.67. The Morgan fingerprint density at radius 3 is 2.50 bits per heavy atom. The van der Waals surface area contributed by atoms with Crippen molar-refractivity contribution in [2.24, 2.45) is 7.05 Å². The molecular formula is C15H18ClF2N5O. The lowest BCUT2D eigenvalue weighted by Gasteiger charge is -2.19. The first kappa shape index (κ1) is 18.3. The number of piperidine rings is 1. The summed E-state index contributed by atoms with van der Waals surface area (Å²) in [6.07, 6.45) is 1.87. The lowest BCUT2D eigenvalue weighted by Crippen LogP contribution is -2.27. The molecule has 0 atom stereocenters. The second kappa shape index (κ2) is 7.67. The van der Waals surface area contributed by atoms with E-state index in [2.05, 4.69) is 20.7 Å². The van der Waals surface area contributed by atoms with Gasteiger partial charge in [-0.2, -0.15) is 10.1 Å². The SMILES string of the molecule is Cl.Cn1nc(C2CCNCC2)nc1NC(=O)c1cc(F)cc(F)c1. The van der Waals surface area contributed by atoms with Gasteiger partial charge in [0, 0.05) is 24.6 Å². The van der Waals surface area contributed by atoms with Gasteiger partial charge in [-0.15, -0.1) is 12.4 Å².